The smallest absolute Gasteiger partial charge is 0.270 e. The van der Waals surface area contributed by atoms with Crippen molar-refractivity contribution in [1.29, 1.82) is 0 Å². The van der Waals surface area contributed by atoms with Crippen LogP contribution in [0.15, 0.2) is 84.0 Å². The Kier molecular flexibility index (Phi) is 5.82. The molecule has 0 radical (unpaired) electrons. The summed E-state index contributed by atoms with van der Waals surface area (Å²) in [5.41, 5.74) is 5.36. The van der Waals surface area contributed by atoms with E-state index in [4.69, 9.17) is 0 Å². The van der Waals surface area contributed by atoms with Gasteiger partial charge in [0.25, 0.3) is 11.5 Å². The maximum absolute atomic E-state index is 13.1. The number of hydrogen-bond donors (Lipinski definition) is 2. The summed E-state index contributed by atoms with van der Waals surface area (Å²) >= 11 is 0. The van der Waals surface area contributed by atoms with Crippen molar-refractivity contribution in [2.75, 3.05) is 25.5 Å². The Morgan fingerprint density at radius 3 is 2.63 bits per heavy atom. The molecule has 0 bridgehead atoms. The number of H-pyrrole nitrogens is 1. The highest BCUT2D eigenvalue weighted by Crippen LogP contribution is 2.31. The molecule has 1 amide bonds. The number of fused-ring (bicyclic) bond motifs is 2. The van der Waals surface area contributed by atoms with Crippen molar-refractivity contribution in [1.82, 2.24) is 19.7 Å². The molecule has 2 N–H and O–H groups in total. The summed E-state index contributed by atoms with van der Waals surface area (Å²) in [6, 6.07) is 20.1. The van der Waals surface area contributed by atoms with Gasteiger partial charge in [-0.1, -0.05) is 36.4 Å². The molecule has 0 saturated carbocycles. The molecular weight excluding hydrogens is 438 g/mol. The van der Waals surface area contributed by atoms with Crippen LogP contribution in [-0.2, 0) is 0 Å². The van der Waals surface area contributed by atoms with Gasteiger partial charge >= 0.3 is 0 Å². The van der Waals surface area contributed by atoms with Crippen LogP contribution in [0, 0.1) is 6.92 Å². The van der Waals surface area contributed by atoms with Crippen LogP contribution in [0.1, 0.15) is 33.0 Å². The van der Waals surface area contributed by atoms with E-state index in [2.05, 4.69) is 45.6 Å². The summed E-state index contributed by atoms with van der Waals surface area (Å²) in [5, 5.41) is 4.09. The van der Waals surface area contributed by atoms with E-state index in [1.165, 1.54) is 10.6 Å². The molecule has 1 atom stereocenters. The van der Waals surface area contributed by atoms with E-state index in [0.29, 0.717) is 12.2 Å². The van der Waals surface area contributed by atoms with Crippen LogP contribution in [0.5, 0.6) is 0 Å². The van der Waals surface area contributed by atoms with Gasteiger partial charge in [0.2, 0.25) is 0 Å². The van der Waals surface area contributed by atoms with Crippen LogP contribution >= 0.6 is 0 Å². The second kappa shape index (κ2) is 9.10. The SMILES string of the molecule is Cc1ccc2ncc(C(=O)NCC(c3ccc(N(C)C)cc3)c3c[nH]c4ccccc34)c(=O)n2c1. The number of carbonyl (C=O) groups excluding carboxylic acids is 1. The second-order valence-corrected chi connectivity index (χ2v) is 8.95. The van der Waals surface area contributed by atoms with Gasteiger partial charge in [-0.15, -0.1) is 0 Å². The summed E-state index contributed by atoms with van der Waals surface area (Å²) in [6.07, 6.45) is 5.05. The van der Waals surface area contributed by atoms with Crippen molar-refractivity contribution in [2.45, 2.75) is 12.8 Å². The number of anilines is 1. The normalized spacial score (nSPS) is 12.1. The van der Waals surface area contributed by atoms with Gasteiger partial charge in [-0.3, -0.25) is 14.0 Å². The highest BCUT2D eigenvalue weighted by atomic mass is 16.2. The van der Waals surface area contributed by atoms with Crippen LogP contribution in [-0.4, -0.2) is 40.9 Å². The Labute approximate surface area is 203 Å². The van der Waals surface area contributed by atoms with Gasteiger partial charge in [-0.25, -0.2) is 4.98 Å². The molecule has 3 heterocycles. The first kappa shape index (κ1) is 22.4. The van der Waals surface area contributed by atoms with E-state index < -0.39 is 5.91 Å². The lowest BCUT2D eigenvalue weighted by Crippen LogP contribution is -2.34. The van der Waals surface area contributed by atoms with Crippen LogP contribution in [0.2, 0.25) is 0 Å². The highest BCUT2D eigenvalue weighted by molar-refractivity contribution is 5.94. The zero-order valence-electron chi connectivity index (χ0n) is 19.9. The molecular formula is C28H27N5O2. The van der Waals surface area contributed by atoms with E-state index in [9.17, 15) is 9.59 Å². The Bertz CT molecular complexity index is 1580. The number of carbonyl (C=O) groups is 1. The van der Waals surface area contributed by atoms with Gasteiger partial charge in [-0.2, -0.15) is 0 Å². The Balaban J connectivity index is 1.48. The molecule has 0 fully saturated rings. The summed E-state index contributed by atoms with van der Waals surface area (Å²) in [6.45, 7) is 2.23. The molecule has 7 nitrogen and oxygen atoms in total. The fourth-order valence-electron chi connectivity index (χ4n) is 4.42. The lowest BCUT2D eigenvalue weighted by atomic mass is 9.90. The molecule has 35 heavy (non-hydrogen) atoms. The van der Waals surface area contributed by atoms with Gasteiger partial charge in [0.1, 0.15) is 11.2 Å². The number of hydrogen-bond acceptors (Lipinski definition) is 4. The molecule has 1 unspecified atom stereocenters. The maximum atomic E-state index is 13.1. The zero-order valence-corrected chi connectivity index (χ0v) is 19.9. The number of aromatic nitrogens is 3. The Hall–Kier alpha value is -4.39. The first-order valence-corrected chi connectivity index (χ1v) is 11.5. The summed E-state index contributed by atoms with van der Waals surface area (Å²) in [5.74, 6) is -0.544. The number of amides is 1. The van der Waals surface area contributed by atoms with Gasteiger partial charge in [0.15, 0.2) is 0 Å². The van der Waals surface area contributed by atoms with E-state index in [-0.39, 0.29) is 17.0 Å². The minimum Gasteiger partial charge on any atom is -0.378 e. The molecule has 5 aromatic rings. The fraction of sp³-hybridized carbons (Fsp3) is 0.179. The average molecular weight is 466 g/mol. The Morgan fingerprint density at radius 1 is 1.09 bits per heavy atom. The molecule has 0 aliphatic carbocycles. The molecule has 0 aliphatic heterocycles. The van der Waals surface area contributed by atoms with Gasteiger partial charge in [-0.05, 0) is 47.9 Å². The fourth-order valence-corrected chi connectivity index (χ4v) is 4.42. The second-order valence-electron chi connectivity index (χ2n) is 8.95. The van der Waals surface area contributed by atoms with Gasteiger partial charge in [0, 0.05) is 61.7 Å². The van der Waals surface area contributed by atoms with E-state index in [1.807, 2.05) is 56.4 Å². The molecule has 0 saturated heterocycles. The molecule has 0 spiro atoms. The van der Waals surface area contributed by atoms with Crippen molar-refractivity contribution in [3.63, 3.8) is 0 Å². The van der Waals surface area contributed by atoms with Crippen molar-refractivity contribution in [3.05, 3.63) is 112 Å². The van der Waals surface area contributed by atoms with Crippen LogP contribution < -0.4 is 15.8 Å². The number of aryl methyl sites for hydroxylation is 1. The minimum absolute atomic E-state index is 0.0220. The maximum Gasteiger partial charge on any atom is 0.270 e. The van der Waals surface area contributed by atoms with E-state index in [0.717, 1.165) is 33.3 Å². The third-order valence-corrected chi connectivity index (χ3v) is 6.37. The zero-order chi connectivity index (χ0) is 24.5. The topological polar surface area (TPSA) is 82.5 Å². The first-order chi connectivity index (χ1) is 16.9. The third-order valence-electron chi connectivity index (χ3n) is 6.37. The summed E-state index contributed by atoms with van der Waals surface area (Å²) in [7, 11) is 4.01. The third kappa shape index (κ3) is 4.28. The number of para-hydroxylation sites is 1. The summed E-state index contributed by atoms with van der Waals surface area (Å²) < 4.78 is 1.42. The molecule has 3 aromatic heterocycles. The number of rotatable bonds is 6. The van der Waals surface area contributed by atoms with Crippen molar-refractivity contribution in [3.8, 4) is 0 Å². The lowest BCUT2D eigenvalue weighted by molar-refractivity contribution is 0.0950. The lowest BCUT2D eigenvalue weighted by Gasteiger charge is -2.20. The van der Waals surface area contributed by atoms with Crippen molar-refractivity contribution >= 4 is 28.1 Å². The predicted molar refractivity (Wildman–Crippen MR) is 139 cm³/mol. The molecule has 176 valence electrons. The monoisotopic (exact) mass is 465 g/mol. The number of aromatic amines is 1. The molecule has 5 rings (SSSR count). The average Bonchev–Trinajstić information content (AvgIpc) is 3.29. The largest absolute Gasteiger partial charge is 0.378 e. The van der Waals surface area contributed by atoms with Crippen LogP contribution in [0.25, 0.3) is 16.6 Å². The van der Waals surface area contributed by atoms with E-state index in [1.54, 1.807) is 12.3 Å². The van der Waals surface area contributed by atoms with Crippen molar-refractivity contribution < 1.29 is 4.79 Å². The van der Waals surface area contributed by atoms with Crippen LogP contribution in [0.4, 0.5) is 5.69 Å². The highest BCUT2D eigenvalue weighted by Gasteiger charge is 2.21. The molecule has 0 aliphatic rings. The first-order valence-electron chi connectivity index (χ1n) is 11.5. The number of pyridine rings is 1. The van der Waals surface area contributed by atoms with Crippen LogP contribution in [0.3, 0.4) is 0 Å². The molecule has 7 heteroatoms. The van der Waals surface area contributed by atoms with Crippen molar-refractivity contribution in [2.24, 2.45) is 0 Å². The standard InChI is InChI=1S/C28H27N5O2/c1-18-8-13-26-30-16-24(28(35)33(26)17-18)27(34)31-14-22(19-9-11-20(12-10-19)32(2)3)23-15-29-25-7-5-4-6-21(23)25/h4-13,15-17,22,29H,14H2,1-3H3,(H,31,34). The van der Waals surface area contributed by atoms with Gasteiger partial charge < -0.3 is 15.2 Å². The predicted octanol–water partition coefficient (Wildman–Crippen LogP) is 4.11. The van der Waals surface area contributed by atoms with Gasteiger partial charge in [0.05, 0.1) is 0 Å². The minimum atomic E-state index is -0.437. The quantitative estimate of drug-likeness (QED) is 0.395. The Morgan fingerprint density at radius 2 is 1.86 bits per heavy atom. The number of nitrogens with one attached hydrogen (secondary N) is 2. The van der Waals surface area contributed by atoms with E-state index >= 15 is 0 Å². The summed E-state index contributed by atoms with van der Waals surface area (Å²) in [4.78, 5) is 35.8. The number of benzene rings is 2. The molecule has 2 aromatic carbocycles. The number of nitrogens with zero attached hydrogens (tertiary/aromatic N) is 3.